The van der Waals surface area contributed by atoms with Gasteiger partial charge in [0.2, 0.25) is 0 Å². The van der Waals surface area contributed by atoms with Crippen LogP contribution in [0.5, 0.6) is 0 Å². The van der Waals surface area contributed by atoms with E-state index in [0.29, 0.717) is 5.92 Å². The van der Waals surface area contributed by atoms with E-state index in [-0.39, 0.29) is 10.8 Å². The Balaban J connectivity index is 1.03. The minimum Gasteiger partial charge on any atom is -0.310 e. The topological polar surface area (TPSA) is 9.86 Å². The summed E-state index contributed by atoms with van der Waals surface area (Å²) in [6, 6.07) is 54.8. The molecule has 274 valence electrons. The Morgan fingerprint density at radius 1 is 0.491 bits per heavy atom. The Hall–Kier alpha value is -6.38. The Morgan fingerprint density at radius 2 is 1.02 bits per heavy atom. The van der Waals surface area contributed by atoms with E-state index in [1.807, 2.05) is 0 Å². The summed E-state index contributed by atoms with van der Waals surface area (Å²) in [5, 5.41) is 4.09. The monoisotopic (exact) mass is 732 g/mol. The fraction of sp³-hybridized carbons (Fsp3) is 0.164. The fourth-order valence-electron chi connectivity index (χ4n) is 11.2. The average molecular weight is 733 g/mol. The highest BCUT2D eigenvalue weighted by Gasteiger charge is 2.40. The van der Waals surface area contributed by atoms with E-state index in [0.717, 1.165) is 6.42 Å². The number of nitrogens with zero attached hydrogens (tertiary/aromatic N) is 2. The normalized spacial score (nSPS) is 16.8. The van der Waals surface area contributed by atoms with Crippen molar-refractivity contribution in [1.29, 1.82) is 0 Å². The van der Waals surface area contributed by atoms with Crippen molar-refractivity contribution in [2.24, 2.45) is 0 Å². The van der Waals surface area contributed by atoms with Gasteiger partial charge in [-0.1, -0.05) is 132 Å². The van der Waals surface area contributed by atoms with Gasteiger partial charge >= 0.3 is 0 Å². The first-order chi connectivity index (χ1) is 27.7. The maximum atomic E-state index is 2.51. The van der Waals surface area contributed by atoms with Crippen LogP contribution in [0.1, 0.15) is 80.5 Å². The van der Waals surface area contributed by atoms with Crippen LogP contribution in [-0.4, -0.2) is 9.13 Å². The van der Waals surface area contributed by atoms with Crippen molar-refractivity contribution in [1.82, 2.24) is 9.13 Å². The maximum absolute atomic E-state index is 2.51. The predicted octanol–water partition coefficient (Wildman–Crippen LogP) is 14.5. The minimum atomic E-state index is -0.140. The SMILES string of the molecule is CC1CC=Cc2c1c1c3c(ccc1n2-c1ccccc1)C(C)(C)c1cc(-c2ccc4c(c2)C(C)(C)c2ccc5c(c2-4)c2ccccc2n5-c2ccccc2)ccc1-3. The number of aromatic nitrogens is 2. The van der Waals surface area contributed by atoms with Crippen molar-refractivity contribution in [3.05, 3.63) is 185 Å². The van der Waals surface area contributed by atoms with Gasteiger partial charge in [-0.15, -0.1) is 0 Å². The van der Waals surface area contributed by atoms with Crippen LogP contribution in [0.15, 0.2) is 152 Å². The van der Waals surface area contributed by atoms with Crippen molar-refractivity contribution in [2.75, 3.05) is 0 Å². The van der Waals surface area contributed by atoms with Gasteiger partial charge in [0.1, 0.15) is 0 Å². The van der Waals surface area contributed by atoms with Crippen LogP contribution in [0.2, 0.25) is 0 Å². The lowest BCUT2D eigenvalue weighted by atomic mass is 9.80. The third-order valence-corrected chi connectivity index (χ3v) is 13.9. The van der Waals surface area contributed by atoms with Gasteiger partial charge in [-0.25, -0.2) is 0 Å². The molecule has 0 radical (unpaired) electrons. The fourth-order valence-corrected chi connectivity index (χ4v) is 11.2. The van der Waals surface area contributed by atoms with E-state index in [9.17, 15) is 0 Å². The first-order valence-corrected chi connectivity index (χ1v) is 20.6. The molecule has 2 heterocycles. The average Bonchev–Trinajstić information content (AvgIpc) is 3.90. The van der Waals surface area contributed by atoms with Crippen molar-refractivity contribution in [3.8, 4) is 44.8 Å². The van der Waals surface area contributed by atoms with Crippen LogP contribution < -0.4 is 0 Å². The molecule has 0 bridgehead atoms. The molecule has 12 rings (SSSR count). The van der Waals surface area contributed by atoms with Gasteiger partial charge in [-0.05, 0) is 134 Å². The molecule has 0 spiro atoms. The number of allylic oxidation sites excluding steroid dienone is 1. The summed E-state index contributed by atoms with van der Waals surface area (Å²) in [6.45, 7) is 12.1. The lowest BCUT2D eigenvalue weighted by molar-refractivity contribution is 0.660. The van der Waals surface area contributed by atoms with Crippen LogP contribution >= 0.6 is 0 Å². The molecular weight excluding hydrogens is 689 g/mol. The summed E-state index contributed by atoms with van der Waals surface area (Å²) >= 11 is 0. The van der Waals surface area contributed by atoms with E-state index in [1.165, 1.54) is 111 Å². The molecule has 57 heavy (non-hydrogen) atoms. The number of benzene rings is 7. The van der Waals surface area contributed by atoms with E-state index in [4.69, 9.17) is 0 Å². The Morgan fingerprint density at radius 3 is 1.63 bits per heavy atom. The Labute approximate surface area is 334 Å². The molecule has 7 aromatic carbocycles. The minimum absolute atomic E-state index is 0.130. The molecule has 0 aliphatic heterocycles. The van der Waals surface area contributed by atoms with Gasteiger partial charge in [0.15, 0.2) is 0 Å². The highest BCUT2D eigenvalue weighted by Crippen LogP contribution is 2.57. The Kier molecular flexibility index (Phi) is 6.54. The van der Waals surface area contributed by atoms with E-state index in [2.05, 4.69) is 201 Å². The second-order valence-corrected chi connectivity index (χ2v) is 17.7. The number of para-hydroxylation sites is 3. The molecule has 0 fully saturated rings. The van der Waals surface area contributed by atoms with Gasteiger partial charge in [-0.3, -0.25) is 0 Å². The van der Waals surface area contributed by atoms with E-state index in [1.54, 1.807) is 0 Å². The first kappa shape index (κ1) is 32.8. The first-order valence-electron chi connectivity index (χ1n) is 20.6. The number of hydrogen-bond acceptors (Lipinski definition) is 0. The van der Waals surface area contributed by atoms with E-state index >= 15 is 0 Å². The van der Waals surface area contributed by atoms with Crippen LogP contribution in [0.4, 0.5) is 0 Å². The molecule has 0 N–H and O–H groups in total. The number of hydrogen-bond donors (Lipinski definition) is 0. The highest BCUT2D eigenvalue weighted by molar-refractivity contribution is 6.18. The lowest BCUT2D eigenvalue weighted by Gasteiger charge is -2.23. The van der Waals surface area contributed by atoms with Crippen LogP contribution in [0, 0.1) is 0 Å². The molecule has 0 saturated carbocycles. The van der Waals surface area contributed by atoms with Gasteiger partial charge < -0.3 is 9.13 Å². The molecule has 2 aromatic heterocycles. The highest BCUT2D eigenvalue weighted by atomic mass is 15.0. The summed E-state index contributed by atoms with van der Waals surface area (Å²) in [7, 11) is 0. The van der Waals surface area contributed by atoms with Crippen LogP contribution in [0.3, 0.4) is 0 Å². The van der Waals surface area contributed by atoms with Crippen molar-refractivity contribution in [3.63, 3.8) is 0 Å². The molecule has 0 saturated heterocycles. The molecule has 1 unspecified atom stereocenters. The van der Waals surface area contributed by atoms with E-state index < -0.39 is 0 Å². The zero-order valence-corrected chi connectivity index (χ0v) is 33.2. The summed E-state index contributed by atoms with van der Waals surface area (Å²) in [6.07, 6.45) is 5.79. The third kappa shape index (κ3) is 4.25. The smallest absolute Gasteiger partial charge is 0.0547 e. The Bertz CT molecular complexity index is 3200. The summed E-state index contributed by atoms with van der Waals surface area (Å²) < 4.78 is 4.93. The zero-order chi connectivity index (χ0) is 38.4. The molecule has 3 aliphatic carbocycles. The molecule has 9 aromatic rings. The van der Waals surface area contributed by atoms with Crippen molar-refractivity contribution >= 4 is 38.8 Å². The standard InChI is InChI=1S/C55H44N2/c1-33-15-14-22-46-49(33)53-48(57(46)37-18-10-7-11-19-37)30-28-42-51(53)39-26-24-35(32-44(39)55(42,4)5)34-23-25-38-43(31-34)54(2,3)41-27-29-47-52(50(38)41)40-20-12-13-21-45(40)56(47)36-16-8-6-9-17-36/h6-14,16-33H,15H2,1-5H3. The van der Waals surface area contributed by atoms with Gasteiger partial charge in [0, 0.05) is 38.4 Å². The number of rotatable bonds is 3. The summed E-state index contributed by atoms with van der Waals surface area (Å²) in [4.78, 5) is 0. The molecule has 3 aliphatic rings. The van der Waals surface area contributed by atoms with Gasteiger partial charge in [0.25, 0.3) is 0 Å². The van der Waals surface area contributed by atoms with Crippen molar-refractivity contribution < 1.29 is 0 Å². The molecular formula is C55H44N2. The predicted molar refractivity (Wildman–Crippen MR) is 240 cm³/mol. The molecule has 2 nitrogen and oxygen atoms in total. The number of fused-ring (bicyclic) bond motifs is 14. The largest absolute Gasteiger partial charge is 0.310 e. The maximum Gasteiger partial charge on any atom is 0.0547 e. The van der Waals surface area contributed by atoms with Crippen LogP contribution in [-0.2, 0) is 10.8 Å². The lowest BCUT2D eigenvalue weighted by Crippen LogP contribution is -2.15. The quantitative estimate of drug-likeness (QED) is 0.171. The van der Waals surface area contributed by atoms with Gasteiger partial charge in [-0.2, -0.15) is 0 Å². The van der Waals surface area contributed by atoms with Crippen LogP contribution in [0.25, 0.3) is 83.5 Å². The molecule has 1 atom stereocenters. The van der Waals surface area contributed by atoms with Gasteiger partial charge in [0.05, 0.1) is 22.2 Å². The molecule has 0 amide bonds. The second-order valence-electron chi connectivity index (χ2n) is 17.7. The second kappa shape index (κ2) is 11.4. The van der Waals surface area contributed by atoms with Crippen molar-refractivity contribution in [2.45, 2.75) is 57.8 Å². The summed E-state index contributed by atoms with van der Waals surface area (Å²) in [5.74, 6) is 0.449. The zero-order valence-electron chi connectivity index (χ0n) is 33.2. The third-order valence-electron chi connectivity index (χ3n) is 13.9. The summed E-state index contributed by atoms with van der Waals surface area (Å²) in [5.41, 5.74) is 22.5. The molecule has 2 heteroatoms.